The van der Waals surface area contributed by atoms with Crippen LogP contribution in [-0.4, -0.2) is 16.5 Å². The summed E-state index contributed by atoms with van der Waals surface area (Å²) in [7, 11) is 0. The van der Waals surface area contributed by atoms with Gasteiger partial charge in [0.15, 0.2) is 11.6 Å². The summed E-state index contributed by atoms with van der Waals surface area (Å²) in [4.78, 5) is 11.7. The molecule has 3 aromatic rings. The van der Waals surface area contributed by atoms with Gasteiger partial charge in [-0.25, -0.2) is 9.97 Å². The SMILES string of the molecule is CC(C)c1ccc(Nc2nccnc2N2CC(C)(C)c3cc(C(C)C)c(Br)cc32)cc1. The Morgan fingerprint density at radius 1 is 0.968 bits per heavy atom. The lowest BCUT2D eigenvalue weighted by Gasteiger charge is -2.23. The maximum Gasteiger partial charge on any atom is 0.176 e. The van der Waals surface area contributed by atoms with Gasteiger partial charge in [0, 0.05) is 40.2 Å². The van der Waals surface area contributed by atoms with Crippen LogP contribution in [0.15, 0.2) is 53.3 Å². The molecule has 1 N–H and O–H groups in total. The number of fused-ring (bicyclic) bond motifs is 1. The van der Waals surface area contributed by atoms with E-state index in [9.17, 15) is 0 Å². The predicted octanol–water partition coefficient (Wildman–Crippen LogP) is 7.66. The highest BCUT2D eigenvalue weighted by molar-refractivity contribution is 9.10. The Kier molecular flexibility index (Phi) is 5.82. The third-order valence-electron chi connectivity index (χ3n) is 6.09. The van der Waals surface area contributed by atoms with Crippen molar-refractivity contribution in [3.05, 3.63) is 70.0 Å². The number of hydrogen-bond acceptors (Lipinski definition) is 4. The minimum absolute atomic E-state index is 0.0212. The molecule has 0 unspecified atom stereocenters. The highest BCUT2D eigenvalue weighted by Gasteiger charge is 2.38. The molecule has 0 spiro atoms. The monoisotopic (exact) mass is 478 g/mol. The Hall–Kier alpha value is -2.40. The van der Waals surface area contributed by atoms with Crippen LogP contribution in [0, 0.1) is 0 Å². The lowest BCUT2D eigenvalue weighted by molar-refractivity contribution is 0.567. The van der Waals surface area contributed by atoms with E-state index in [0.29, 0.717) is 11.8 Å². The van der Waals surface area contributed by atoms with Crippen LogP contribution in [0.5, 0.6) is 0 Å². The molecule has 0 saturated carbocycles. The third kappa shape index (κ3) is 4.20. The average Bonchev–Trinajstić information content (AvgIpc) is 2.98. The number of rotatable bonds is 5. The van der Waals surface area contributed by atoms with Crippen molar-refractivity contribution in [3.8, 4) is 0 Å². The summed E-state index contributed by atoms with van der Waals surface area (Å²) >= 11 is 3.80. The minimum Gasteiger partial charge on any atom is -0.337 e. The molecule has 31 heavy (non-hydrogen) atoms. The van der Waals surface area contributed by atoms with Gasteiger partial charge in [0.2, 0.25) is 0 Å². The molecule has 2 heterocycles. The number of hydrogen-bond donors (Lipinski definition) is 1. The summed E-state index contributed by atoms with van der Waals surface area (Å²) in [5.74, 6) is 2.60. The summed E-state index contributed by atoms with van der Waals surface area (Å²) in [6.07, 6.45) is 3.51. The van der Waals surface area contributed by atoms with Crippen LogP contribution in [0.25, 0.3) is 0 Å². The second kappa shape index (κ2) is 8.27. The van der Waals surface area contributed by atoms with Crippen LogP contribution in [0.3, 0.4) is 0 Å². The fraction of sp³-hybridized carbons (Fsp3) is 0.385. The molecule has 0 atom stereocenters. The van der Waals surface area contributed by atoms with Crippen molar-refractivity contribution in [2.75, 3.05) is 16.8 Å². The van der Waals surface area contributed by atoms with Gasteiger partial charge in [0.25, 0.3) is 0 Å². The molecular weight excluding hydrogens is 448 g/mol. The van der Waals surface area contributed by atoms with E-state index in [-0.39, 0.29) is 5.41 Å². The molecular formula is C26H31BrN4. The number of nitrogens with one attached hydrogen (secondary N) is 1. The van der Waals surface area contributed by atoms with Gasteiger partial charge in [-0.3, -0.25) is 0 Å². The van der Waals surface area contributed by atoms with Gasteiger partial charge in [-0.1, -0.05) is 75.7 Å². The molecule has 4 rings (SSSR count). The first-order chi connectivity index (χ1) is 14.7. The van der Waals surface area contributed by atoms with E-state index in [0.717, 1.165) is 28.3 Å². The molecule has 0 radical (unpaired) electrons. The molecule has 5 heteroatoms. The van der Waals surface area contributed by atoms with E-state index in [1.807, 2.05) is 0 Å². The molecule has 2 aromatic carbocycles. The average molecular weight is 479 g/mol. The summed E-state index contributed by atoms with van der Waals surface area (Å²) in [6, 6.07) is 13.2. The molecule has 1 aliphatic heterocycles. The van der Waals surface area contributed by atoms with Crippen molar-refractivity contribution >= 4 is 38.9 Å². The molecule has 0 saturated heterocycles. The summed E-state index contributed by atoms with van der Waals surface area (Å²) < 4.78 is 1.15. The van der Waals surface area contributed by atoms with E-state index in [1.54, 1.807) is 12.4 Å². The maximum absolute atomic E-state index is 4.74. The number of anilines is 4. The molecule has 4 nitrogen and oxygen atoms in total. The van der Waals surface area contributed by atoms with Crippen molar-refractivity contribution in [2.45, 2.75) is 58.8 Å². The van der Waals surface area contributed by atoms with Gasteiger partial charge in [-0.05, 0) is 46.7 Å². The molecule has 0 fully saturated rings. The van der Waals surface area contributed by atoms with Crippen LogP contribution < -0.4 is 10.2 Å². The van der Waals surface area contributed by atoms with E-state index in [2.05, 4.69) is 109 Å². The Balaban J connectivity index is 1.73. The van der Waals surface area contributed by atoms with Gasteiger partial charge >= 0.3 is 0 Å². The highest BCUT2D eigenvalue weighted by Crippen LogP contribution is 2.48. The predicted molar refractivity (Wildman–Crippen MR) is 134 cm³/mol. The zero-order valence-corrected chi connectivity index (χ0v) is 20.8. The van der Waals surface area contributed by atoms with Crippen molar-refractivity contribution in [1.82, 2.24) is 9.97 Å². The fourth-order valence-corrected chi connectivity index (χ4v) is 5.04. The van der Waals surface area contributed by atoms with E-state index >= 15 is 0 Å². The van der Waals surface area contributed by atoms with Crippen LogP contribution in [0.2, 0.25) is 0 Å². The first-order valence-electron chi connectivity index (χ1n) is 11.0. The second-order valence-corrected chi connectivity index (χ2v) is 10.5. The van der Waals surface area contributed by atoms with E-state index in [4.69, 9.17) is 4.98 Å². The Labute approximate surface area is 194 Å². The normalized spacial score (nSPS) is 14.9. The van der Waals surface area contributed by atoms with Crippen molar-refractivity contribution in [2.24, 2.45) is 0 Å². The van der Waals surface area contributed by atoms with Crippen molar-refractivity contribution in [1.29, 1.82) is 0 Å². The number of aromatic nitrogens is 2. The Morgan fingerprint density at radius 2 is 1.65 bits per heavy atom. The lowest BCUT2D eigenvalue weighted by atomic mass is 9.85. The second-order valence-electron chi connectivity index (χ2n) is 9.65. The Morgan fingerprint density at radius 3 is 2.29 bits per heavy atom. The third-order valence-corrected chi connectivity index (χ3v) is 6.77. The smallest absolute Gasteiger partial charge is 0.176 e. The van der Waals surface area contributed by atoms with Crippen molar-refractivity contribution in [3.63, 3.8) is 0 Å². The van der Waals surface area contributed by atoms with Crippen LogP contribution in [-0.2, 0) is 5.41 Å². The molecule has 1 aliphatic rings. The molecule has 0 aliphatic carbocycles. The lowest BCUT2D eigenvalue weighted by Crippen LogP contribution is -2.26. The standard InChI is InChI=1S/C26H31BrN4/c1-16(2)18-7-9-19(10-8-18)30-24-25(29-12-11-28-24)31-15-26(5,6)21-13-20(17(3)4)22(27)14-23(21)31/h7-14,16-17H,15H2,1-6H3,(H,28,30). The van der Waals surface area contributed by atoms with Gasteiger partial charge in [0.1, 0.15) is 0 Å². The molecule has 0 bridgehead atoms. The maximum atomic E-state index is 4.74. The van der Waals surface area contributed by atoms with Crippen LogP contribution in [0.4, 0.5) is 23.0 Å². The fourth-order valence-electron chi connectivity index (χ4n) is 4.25. The topological polar surface area (TPSA) is 41.1 Å². The largest absolute Gasteiger partial charge is 0.337 e. The minimum atomic E-state index is 0.0212. The van der Waals surface area contributed by atoms with Crippen LogP contribution in [0.1, 0.15) is 70.1 Å². The van der Waals surface area contributed by atoms with E-state index in [1.165, 1.54) is 22.4 Å². The Bertz CT molecular complexity index is 1090. The van der Waals surface area contributed by atoms with E-state index < -0.39 is 0 Å². The molecule has 1 aromatic heterocycles. The first kappa shape index (κ1) is 21.8. The van der Waals surface area contributed by atoms with Gasteiger partial charge in [0.05, 0.1) is 0 Å². The zero-order valence-electron chi connectivity index (χ0n) is 19.2. The van der Waals surface area contributed by atoms with Gasteiger partial charge in [-0.2, -0.15) is 0 Å². The summed E-state index contributed by atoms with van der Waals surface area (Å²) in [5, 5.41) is 3.49. The highest BCUT2D eigenvalue weighted by atomic mass is 79.9. The number of benzene rings is 2. The molecule has 162 valence electrons. The zero-order chi connectivity index (χ0) is 22.3. The summed E-state index contributed by atoms with van der Waals surface area (Å²) in [5.41, 5.74) is 6.26. The van der Waals surface area contributed by atoms with Crippen molar-refractivity contribution < 1.29 is 0 Å². The number of nitrogens with zero attached hydrogens (tertiary/aromatic N) is 3. The van der Waals surface area contributed by atoms with Gasteiger partial charge in [-0.15, -0.1) is 0 Å². The van der Waals surface area contributed by atoms with Crippen LogP contribution >= 0.6 is 15.9 Å². The summed E-state index contributed by atoms with van der Waals surface area (Å²) in [6.45, 7) is 14.4. The number of halogens is 1. The quantitative estimate of drug-likeness (QED) is 0.408. The first-order valence-corrected chi connectivity index (χ1v) is 11.8. The van der Waals surface area contributed by atoms with Gasteiger partial charge < -0.3 is 10.2 Å². The molecule has 0 amide bonds.